The fourth-order valence-corrected chi connectivity index (χ4v) is 2.09. The predicted octanol–water partition coefficient (Wildman–Crippen LogP) is 4.90. The molecule has 0 saturated carbocycles. The molecule has 104 valence electrons. The minimum atomic E-state index is 0.255. The lowest BCUT2D eigenvalue weighted by atomic mass is 10.1. The van der Waals surface area contributed by atoms with Gasteiger partial charge in [-0.2, -0.15) is 0 Å². The van der Waals surface area contributed by atoms with E-state index in [0.717, 1.165) is 11.1 Å². The van der Waals surface area contributed by atoms with Gasteiger partial charge in [0.05, 0.1) is 0 Å². The number of halogens is 1. The third-order valence-corrected chi connectivity index (χ3v) is 3.18. The number of hydrogen-bond acceptors (Lipinski definition) is 3. The molecule has 0 aliphatic rings. The number of phenols is 1. The third kappa shape index (κ3) is 3.33. The van der Waals surface area contributed by atoms with Crippen LogP contribution >= 0.6 is 11.6 Å². The van der Waals surface area contributed by atoms with Crippen LogP contribution in [0, 0.1) is 0 Å². The number of pyridine rings is 1. The zero-order chi connectivity index (χ0) is 14.7. The standard InChI is InChI=1S/C17H12ClNO2/c18-16-2-1-3-17(19-16)21-15-10-6-13(7-11-15)12-4-8-14(20)9-5-12/h1-11,20H. The second kappa shape index (κ2) is 5.85. The maximum Gasteiger partial charge on any atom is 0.220 e. The molecule has 21 heavy (non-hydrogen) atoms. The van der Waals surface area contributed by atoms with E-state index in [1.54, 1.807) is 30.3 Å². The summed E-state index contributed by atoms with van der Waals surface area (Å²) in [5.74, 6) is 1.40. The van der Waals surface area contributed by atoms with Crippen LogP contribution in [0.5, 0.6) is 17.4 Å². The van der Waals surface area contributed by atoms with Crippen molar-refractivity contribution in [2.45, 2.75) is 0 Å². The number of aromatic nitrogens is 1. The van der Waals surface area contributed by atoms with Crippen molar-refractivity contribution in [3.05, 3.63) is 71.9 Å². The molecule has 0 atom stereocenters. The highest BCUT2D eigenvalue weighted by Crippen LogP contribution is 2.26. The number of rotatable bonds is 3. The minimum Gasteiger partial charge on any atom is -0.508 e. The Morgan fingerprint density at radius 2 is 1.43 bits per heavy atom. The topological polar surface area (TPSA) is 42.4 Å². The van der Waals surface area contributed by atoms with E-state index < -0.39 is 0 Å². The van der Waals surface area contributed by atoms with E-state index in [9.17, 15) is 5.11 Å². The van der Waals surface area contributed by atoms with Gasteiger partial charge < -0.3 is 9.84 Å². The largest absolute Gasteiger partial charge is 0.508 e. The second-order valence-corrected chi connectivity index (χ2v) is 4.86. The molecule has 0 spiro atoms. The van der Waals surface area contributed by atoms with Crippen LogP contribution in [0.1, 0.15) is 0 Å². The van der Waals surface area contributed by atoms with Gasteiger partial charge in [0.25, 0.3) is 0 Å². The van der Waals surface area contributed by atoms with E-state index in [0.29, 0.717) is 16.8 Å². The van der Waals surface area contributed by atoms with Gasteiger partial charge in [-0.15, -0.1) is 0 Å². The number of phenolic OH excluding ortho intramolecular Hbond substituents is 1. The van der Waals surface area contributed by atoms with Gasteiger partial charge >= 0.3 is 0 Å². The Hall–Kier alpha value is -2.52. The molecule has 2 aromatic carbocycles. The Morgan fingerprint density at radius 1 is 0.810 bits per heavy atom. The van der Waals surface area contributed by atoms with E-state index in [1.807, 2.05) is 36.4 Å². The van der Waals surface area contributed by atoms with E-state index in [1.165, 1.54) is 0 Å². The van der Waals surface area contributed by atoms with Crippen LogP contribution in [0.15, 0.2) is 66.7 Å². The summed E-state index contributed by atoms with van der Waals surface area (Å²) in [7, 11) is 0. The van der Waals surface area contributed by atoms with Crippen molar-refractivity contribution < 1.29 is 9.84 Å². The molecule has 0 bridgehead atoms. The van der Waals surface area contributed by atoms with Crippen LogP contribution in [0.3, 0.4) is 0 Å². The first kappa shape index (κ1) is 13.5. The number of ether oxygens (including phenoxy) is 1. The predicted molar refractivity (Wildman–Crippen MR) is 82.9 cm³/mol. The lowest BCUT2D eigenvalue weighted by molar-refractivity contribution is 0.463. The molecule has 4 heteroatoms. The molecule has 0 fully saturated rings. The Kier molecular flexibility index (Phi) is 3.75. The summed E-state index contributed by atoms with van der Waals surface area (Å²) in [6.45, 7) is 0. The molecule has 3 aromatic rings. The van der Waals surface area contributed by atoms with E-state index >= 15 is 0 Å². The van der Waals surface area contributed by atoms with E-state index in [-0.39, 0.29) is 5.75 Å². The first-order valence-corrected chi connectivity index (χ1v) is 6.78. The van der Waals surface area contributed by atoms with Gasteiger partial charge in [0.2, 0.25) is 5.88 Å². The van der Waals surface area contributed by atoms with Gasteiger partial charge in [-0.05, 0) is 41.5 Å². The maximum atomic E-state index is 9.30. The van der Waals surface area contributed by atoms with Crippen molar-refractivity contribution >= 4 is 11.6 Å². The summed E-state index contributed by atoms with van der Waals surface area (Å²) >= 11 is 5.82. The zero-order valence-electron chi connectivity index (χ0n) is 11.0. The normalized spacial score (nSPS) is 10.3. The van der Waals surface area contributed by atoms with Gasteiger partial charge in [0, 0.05) is 6.07 Å². The Balaban J connectivity index is 1.79. The monoisotopic (exact) mass is 297 g/mol. The lowest BCUT2D eigenvalue weighted by Gasteiger charge is -2.06. The summed E-state index contributed by atoms with van der Waals surface area (Å²) < 4.78 is 5.63. The first-order chi connectivity index (χ1) is 10.2. The van der Waals surface area contributed by atoms with Crippen molar-refractivity contribution in [3.63, 3.8) is 0 Å². The highest BCUT2D eigenvalue weighted by molar-refractivity contribution is 6.29. The van der Waals surface area contributed by atoms with Gasteiger partial charge in [-0.1, -0.05) is 41.9 Å². The zero-order valence-corrected chi connectivity index (χ0v) is 11.8. The van der Waals surface area contributed by atoms with Crippen molar-refractivity contribution in [1.29, 1.82) is 0 Å². The van der Waals surface area contributed by atoms with Gasteiger partial charge in [0.1, 0.15) is 16.7 Å². The number of benzene rings is 2. The number of nitrogens with zero attached hydrogens (tertiary/aromatic N) is 1. The molecule has 0 saturated heterocycles. The van der Waals surface area contributed by atoms with Crippen LogP contribution < -0.4 is 4.74 Å². The second-order valence-electron chi connectivity index (χ2n) is 4.47. The molecule has 0 unspecified atom stereocenters. The minimum absolute atomic E-state index is 0.255. The van der Waals surface area contributed by atoms with Gasteiger partial charge in [-0.3, -0.25) is 0 Å². The lowest BCUT2D eigenvalue weighted by Crippen LogP contribution is -1.87. The molecule has 1 heterocycles. The summed E-state index contributed by atoms with van der Waals surface area (Å²) in [6.07, 6.45) is 0. The first-order valence-electron chi connectivity index (χ1n) is 6.40. The molecular weight excluding hydrogens is 286 g/mol. The highest BCUT2D eigenvalue weighted by atomic mass is 35.5. The van der Waals surface area contributed by atoms with Gasteiger partial charge in [-0.25, -0.2) is 4.98 Å². The van der Waals surface area contributed by atoms with Crippen LogP contribution in [0.2, 0.25) is 5.15 Å². The Bertz CT molecular complexity index is 739. The van der Waals surface area contributed by atoms with Crippen molar-refractivity contribution in [1.82, 2.24) is 4.98 Å². The quantitative estimate of drug-likeness (QED) is 0.699. The van der Waals surface area contributed by atoms with Crippen LogP contribution in [-0.2, 0) is 0 Å². The third-order valence-electron chi connectivity index (χ3n) is 2.97. The summed E-state index contributed by atoms with van der Waals surface area (Å²) in [5, 5.41) is 9.69. The number of aromatic hydroxyl groups is 1. The molecule has 0 aliphatic heterocycles. The molecule has 1 N–H and O–H groups in total. The number of hydrogen-bond donors (Lipinski definition) is 1. The van der Waals surface area contributed by atoms with Crippen LogP contribution in [-0.4, -0.2) is 10.1 Å². The molecule has 0 aliphatic carbocycles. The van der Waals surface area contributed by atoms with E-state index in [2.05, 4.69) is 4.98 Å². The fourth-order valence-electron chi connectivity index (χ4n) is 1.94. The molecule has 0 amide bonds. The Labute approximate surface area is 127 Å². The smallest absolute Gasteiger partial charge is 0.220 e. The molecule has 1 aromatic heterocycles. The van der Waals surface area contributed by atoms with Gasteiger partial charge in [0.15, 0.2) is 0 Å². The highest BCUT2D eigenvalue weighted by Gasteiger charge is 2.02. The van der Waals surface area contributed by atoms with E-state index in [4.69, 9.17) is 16.3 Å². The summed E-state index contributed by atoms with van der Waals surface area (Å²) in [5.41, 5.74) is 2.07. The van der Waals surface area contributed by atoms with Crippen molar-refractivity contribution in [3.8, 4) is 28.5 Å². The van der Waals surface area contributed by atoms with Crippen LogP contribution in [0.25, 0.3) is 11.1 Å². The molecule has 3 rings (SSSR count). The van der Waals surface area contributed by atoms with Crippen molar-refractivity contribution in [2.24, 2.45) is 0 Å². The average molecular weight is 298 g/mol. The SMILES string of the molecule is Oc1ccc(-c2ccc(Oc3cccc(Cl)n3)cc2)cc1. The summed E-state index contributed by atoms with van der Waals surface area (Å²) in [6, 6.07) is 19.9. The average Bonchev–Trinajstić information content (AvgIpc) is 2.49. The fraction of sp³-hybridized carbons (Fsp3) is 0. The summed E-state index contributed by atoms with van der Waals surface area (Å²) in [4.78, 5) is 4.07. The Morgan fingerprint density at radius 3 is 2.05 bits per heavy atom. The molecular formula is C17H12ClNO2. The van der Waals surface area contributed by atoms with Crippen LogP contribution in [0.4, 0.5) is 0 Å². The molecule has 3 nitrogen and oxygen atoms in total. The molecule has 0 radical (unpaired) electrons. The maximum absolute atomic E-state index is 9.30. The van der Waals surface area contributed by atoms with Crippen molar-refractivity contribution in [2.75, 3.05) is 0 Å².